The molecule has 0 saturated heterocycles. The van der Waals surface area contributed by atoms with Crippen LogP contribution in [0.25, 0.3) is 60.9 Å². The van der Waals surface area contributed by atoms with Gasteiger partial charge in [-0.3, -0.25) is 0 Å². The second-order valence-corrected chi connectivity index (χ2v) is 13.3. The molecule has 2 N–H and O–H groups in total. The highest BCUT2D eigenvalue weighted by atomic mass is 16.3. The lowest BCUT2D eigenvalue weighted by molar-refractivity contribution is 0.669. The average Bonchev–Trinajstić information content (AvgIpc) is 3.81. The van der Waals surface area contributed by atoms with Gasteiger partial charge >= 0.3 is 0 Å². The normalized spacial score (nSPS) is 13.6. The third kappa shape index (κ3) is 4.01. The fourth-order valence-electron chi connectivity index (χ4n) is 8.53. The molecule has 0 unspecified atom stereocenters. The van der Waals surface area contributed by atoms with E-state index in [4.69, 9.17) is 9.83 Å². The molecule has 0 atom stereocenters. The molecule has 0 radical (unpaired) electrons. The van der Waals surface area contributed by atoms with Crippen molar-refractivity contribution < 1.29 is 4.42 Å². The van der Waals surface area contributed by atoms with Gasteiger partial charge in [-0.2, -0.15) is 0 Å². The lowest BCUT2D eigenvalue weighted by atomic mass is 9.70. The van der Waals surface area contributed by atoms with Gasteiger partial charge in [0.15, 0.2) is 0 Å². The van der Waals surface area contributed by atoms with Crippen LogP contribution >= 0.6 is 0 Å². The SMILES string of the molecule is N=C/C(=C\NCc1ccc2c(c1)C1(c3ccccc3-c3ccccc31)c1ccc3c(oc4ccccc43)c1-2)c1ccc(-c2ccccc2)cc1. The quantitative estimate of drug-likeness (QED) is 0.178. The molecule has 236 valence electrons. The Kier molecular flexibility index (Phi) is 6.31. The Balaban J connectivity index is 1.09. The Morgan fingerprint density at radius 3 is 2.02 bits per heavy atom. The fraction of sp³-hybridized carbons (Fsp3) is 0.0426. The number of hydrogen-bond donors (Lipinski definition) is 2. The highest BCUT2D eigenvalue weighted by molar-refractivity contribution is 6.13. The predicted molar refractivity (Wildman–Crippen MR) is 205 cm³/mol. The van der Waals surface area contributed by atoms with E-state index in [1.807, 2.05) is 18.3 Å². The number of benzene rings is 7. The maximum atomic E-state index is 8.18. The Labute approximate surface area is 290 Å². The standard InChI is InChI=1S/C47H32N2O/c48-27-34(33-21-19-32(20-22-33)31-10-2-1-3-11-31)29-49-28-30-18-23-39-43(26-30)47(40-15-7-4-12-35(40)36-13-5-8-16-41(36)47)42-25-24-38-37-14-6-9-17-44(37)50-46(38)45(39)42/h1-27,29,48-49H,28H2/b34-29+,48-27?. The van der Waals surface area contributed by atoms with E-state index in [-0.39, 0.29) is 0 Å². The molecule has 10 rings (SSSR count). The number of allylic oxidation sites excluding steroid dienone is 1. The van der Waals surface area contributed by atoms with E-state index in [0.29, 0.717) is 6.54 Å². The highest BCUT2D eigenvalue weighted by Gasteiger charge is 2.52. The molecular weight excluding hydrogens is 609 g/mol. The molecule has 0 amide bonds. The monoisotopic (exact) mass is 640 g/mol. The first-order valence-electron chi connectivity index (χ1n) is 17.1. The van der Waals surface area contributed by atoms with E-state index in [1.165, 1.54) is 61.8 Å². The molecule has 1 spiro atoms. The maximum absolute atomic E-state index is 8.18. The van der Waals surface area contributed by atoms with Crippen LogP contribution in [0.2, 0.25) is 0 Å². The van der Waals surface area contributed by atoms with E-state index in [1.54, 1.807) is 0 Å². The molecular formula is C47H32N2O. The van der Waals surface area contributed by atoms with Crippen LogP contribution in [0.1, 0.15) is 33.4 Å². The summed E-state index contributed by atoms with van der Waals surface area (Å²) in [7, 11) is 0. The van der Waals surface area contributed by atoms with Gasteiger partial charge < -0.3 is 15.1 Å². The van der Waals surface area contributed by atoms with E-state index in [2.05, 4.69) is 151 Å². The van der Waals surface area contributed by atoms with E-state index >= 15 is 0 Å². The molecule has 2 aliphatic rings. The summed E-state index contributed by atoms with van der Waals surface area (Å²) in [5, 5.41) is 14.0. The van der Waals surface area contributed by atoms with Crippen molar-refractivity contribution in [2.45, 2.75) is 12.0 Å². The molecule has 3 nitrogen and oxygen atoms in total. The summed E-state index contributed by atoms with van der Waals surface area (Å²) in [5.41, 5.74) is 16.9. The van der Waals surface area contributed by atoms with Crippen LogP contribution in [0.4, 0.5) is 0 Å². The van der Waals surface area contributed by atoms with Crippen LogP contribution in [0.15, 0.2) is 168 Å². The van der Waals surface area contributed by atoms with Gasteiger partial charge in [0.2, 0.25) is 0 Å². The van der Waals surface area contributed by atoms with Gasteiger partial charge in [-0.25, -0.2) is 0 Å². The van der Waals surface area contributed by atoms with Gasteiger partial charge in [0, 0.05) is 40.9 Å². The number of nitrogens with one attached hydrogen (secondary N) is 2. The minimum absolute atomic E-state index is 0.461. The zero-order valence-corrected chi connectivity index (χ0v) is 27.3. The van der Waals surface area contributed by atoms with Gasteiger partial charge in [-0.1, -0.05) is 152 Å². The topological polar surface area (TPSA) is 49.0 Å². The molecule has 7 aromatic carbocycles. The smallest absolute Gasteiger partial charge is 0.143 e. The van der Waals surface area contributed by atoms with E-state index < -0.39 is 5.41 Å². The predicted octanol–water partition coefficient (Wildman–Crippen LogP) is 11.4. The maximum Gasteiger partial charge on any atom is 0.143 e. The highest BCUT2D eigenvalue weighted by Crippen LogP contribution is 2.64. The summed E-state index contributed by atoms with van der Waals surface area (Å²) < 4.78 is 6.70. The largest absolute Gasteiger partial charge is 0.455 e. The molecule has 1 aromatic heterocycles. The minimum atomic E-state index is -0.461. The fourth-order valence-corrected chi connectivity index (χ4v) is 8.53. The van der Waals surface area contributed by atoms with Crippen molar-refractivity contribution in [2.24, 2.45) is 0 Å². The summed E-state index contributed by atoms with van der Waals surface area (Å²) in [6.07, 6.45) is 3.38. The zero-order chi connectivity index (χ0) is 33.2. The number of fused-ring (bicyclic) bond motifs is 14. The first-order chi connectivity index (χ1) is 24.8. The lowest BCUT2D eigenvalue weighted by Crippen LogP contribution is -2.26. The number of hydrogen-bond acceptors (Lipinski definition) is 3. The third-order valence-corrected chi connectivity index (χ3v) is 10.7. The second-order valence-electron chi connectivity index (χ2n) is 13.3. The van der Waals surface area contributed by atoms with E-state index in [9.17, 15) is 0 Å². The molecule has 2 aliphatic carbocycles. The van der Waals surface area contributed by atoms with Crippen molar-refractivity contribution in [1.82, 2.24) is 5.32 Å². The molecule has 0 bridgehead atoms. The van der Waals surface area contributed by atoms with Crippen molar-refractivity contribution in [3.8, 4) is 33.4 Å². The molecule has 0 fully saturated rings. The van der Waals surface area contributed by atoms with Crippen molar-refractivity contribution in [3.63, 3.8) is 0 Å². The lowest BCUT2D eigenvalue weighted by Gasteiger charge is -2.30. The Morgan fingerprint density at radius 2 is 1.26 bits per heavy atom. The summed E-state index contributed by atoms with van der Waals surface area (Å²) in [6.45, 7) is 0.627. The van der Waals surface area contributed by atoms with Gasteiger partial charge in [0.05, 0.1) is 5.41 Å². The molecule has 1 heterocycles. The number of furan rings is 1. The van der Waals surface area contributed by atoms with Gasteiger partial charge in [-0.05, 0) is 67.3 Å². The number of rotatable bonds is 6. The first kappa shape index (κ1) is 28.6. The Hall–Kier alpha value is -6.45. The van der Waals surface area contributed by atoms with Crippen molar-refractivity contribution in [3.05, 3.63) is 197 Å². The van der Waals surface area contributed by atoms with Crippen molar-refractivity contribution in [2.75, 3.05) is 0 Å². The van der Waals surface area contributed by atoms with Gasteiger partial charge in [0.1, 0.15) is 11.2 Å². The minimum Gasteiger partial charge on any atom is -0.455 e. The van der Waals surface area contributed by atoms with Crippen molar-refractivity contribution in [1.29, 1.82) is 5.41 Å². The molecule has 0 saturated carbocycles. The molecule has 8 aromatic rings. The van der Waals surface area contributed by atoms with Gasteiger partial charge in [-0.15, -0.1) is 0 Å². The van der Waals surface area contributed by atoms with Crippen LogP contribution in [0, 0.1) is 5.41 Å². The van der Waals surface area contributed by atoms with Crippen LogP contribution in [-0.2, 0) is 12.0 Å². The van der Waals surface area contributed by atoms with Crippen LogP contribution in [0.5, 0.6) is 0 Å². The first-order valence-corrected chi connectivity index (χ1v) is 17.1. The Bertz CT molecular complexity index is 2620. The summed E-state index contributed by atoms with van der Waals surface area (Å²) in [5.74, 6) is 0. The number of para-hydroxylation sites is 1. The van der Waals surface area contributed by atoms with Gasteiger partial charge in [0.25, 0.3) is 0 Å². The van der Waals surface area contributed by atoms with Crippen LogP contribution in [0.3, 0.4) is 0 Å². The zero-order valence-electron chi connectivity index (χ0n) is 27.3. The Morgan fingerprint density at radius 1 is 0.580 bits per heavy atom. The van der Waals surface area contributed by atoms with Crippen LogP contribution in [-0.4, -0.2) is 6.21 Å². The average molecular weight is 641 g/mol. The third-order valence-electron chi connectivity index (χ3n) is 10.7. The molecule has 3 heteroatoms. The second kappa shape index (κ2) is 11.0. The summed E-state index contributed by atoms with van der Waals surface area (Å²) in [6, 6.07) is 56.5. The molecule has 0 aliphatic heterocycles. The summed E-state index contributed by atoms with van der Waals surface area (Å²) in [4.78, 5) is 0. The summed E-state index contributed by atoms with van der Waals surface area (Å²) >= 11 is 0. The van der Waals surface area contributed by atoms with E-state index in [0.717, 1.165) is 38.6 Å². The van der Waals surface area contributed by atoms with Crippen molar-refractivity contribution >= 4 is 33.7 Å². The molecule has 50 heavy (non-hydrogen) atoms. The van der Waals surface area contributed by atoms with Crippen LogP contribution < -0.4 is 5.32 Å².